The summed E-state index contributed by atoms with van der Waals surface area (Å²) in [5.41, 5.74) is -0.660. The summed E-state index contributed by atoms with van der Waals surface area (Å²) < 4.78 is 17.9. The molecule has 0 fully saturated rings. The monoisotopic (exact) mass is 658 g/mol. The van der Waals surface area contributed by atoms with Gasteiger partial charge in [-0.2, -0.15) is 0 Å². The third-order valence-electron chi connectivity index (χ3n) is 6.97. The highest BCUT2D eigenvalue weighted by atomic mass is 16.6. The summed E-state index contributed by atoms with van der Waals surface area (Å²) in [5, 5.41) is 12.6. The zero-order valence-electron chi connectivity index (χ0n) is 28.0. The van der Waals surface area contributed by atoms with Gasteiger partial charge >= 0.3 is 6.09 Å². The number of alkyl carbamates (subject to hydrolysis) is 1. The van der Waals surface area contributed by atoms with Crippen LogP contribution in [0.5, 0.6) is 5.75 Å². The number of anilines is 2. The number of ether oxygens (including phenoxy) is 3. The Balaban J connectivity index is 1.40. The van der Waals surface area contributed by atoms with Crippen LogP contribution >= 0.6 is 0 Å². The highest BCUT2D eigenvalue weighted by Gasteiger charge is 2.34. The fraction of sp³-hybridized carbons (Fsp3) is 0.343. The van der Waals surface area contributed by atoms with Crippen molar-refractivity contribution in [3.8, 4) is 5.75 Å². The molecule has 4 N–H and O–H groups in total. The van der Waals surface area contributed by atoms with E-state index in [9.17, 15) is 19.2 Å². The van der Waals surface area contributed by atoms with Crippen LogP contribution in [0.25, 0.3) is 10.8 Å². The van der Waals surface area contributed by atoms with Gasteiger partial charge in [-0.1, -0.05) is 42.5 Å². The van der Waals surface area contributed by atoms with Gasteiger partial charge in [0.05, 0.1) is 26.7 Å². The van der Waals surface area contributed by atoms with Gasteiger partial charge < -0.3 is 40.0 Å². The van der Waals surface area contributed by atoms with E-state index in [2.05, 4.69) is 26.3 Å². The van der Waals surface area contributed by atoms with Gasteiger partial charge in [0.25, 0.3) is 5.91 Å². The molecule has 0 saturated carbocycles. The maximum Gasteiger partial charge on any atom is 0.408 e. The van der Waals surface area contributed by atoms with Crippen molar-refractivity contribution in [2.24, 2.45) is 0 Å². The summed E-state index contributed by atoms with van der Waals surface area (Å²) in [6.45, 7) is 8.08. The molecule has 0 saturated heterocycles. The zero-order chi connectivity index (χ0) is 34.9. The topological polar surface area (TPSA) is 162 Å². The number of hydrogen-bond acceptors (Lipinski definition) is 8. The zero-order valence-corrected chi connectivity index (χ0v) is 28.0. The molecule has 0 radical (unpaired) electrons. The van der Waals surface area contributed by atoms with Gasteiger partial charge in [-0.25, -0.2) is 9.78 Å². The molecule has 13 heteroatoms. The number of nitrogens with one attached hydrogen (secondary N) is 4. The first-order chi connectivity index (χ1) is 22.7. The second-order valence-electron chi connectivity index (χ2n) is 12.6. The molecular weight excluding hydrogens is 616 g/mol. The molecule has 48 heavy (non-hydrogen) atoms. The first kappa shape index (κ1) is 35.4. The number of fused-ring (bicyclic) bond motifs is 1. The number of amides is 4. The van der Waals surface area contributed by atoms with Crippen molar-refractivity contribution in [1.82, 2.24) is 20.2 Å². The molecule has 254 valence electrons. The number of imidazole rings is 1. The second kappa shape index (κ2) is 15.4. The second-order valence-corrected chi connectivity index (χ2v) is 12.6. The van der Waals surface area contributed by atoms with Crippen molar-refractivity contribution in [2.75, 3.05) is 24.4 Å². The summed E-state index contributed by atoms with van der Waals surface area (Å²) >= 11 is 0. The standard InChI is InChI=1S/C35H42N6O7/c1-34(2,3)48-33(45)40-35(4,5)32(44)38-28(21-47-20-23-11-8-7-9-12-23)31(43)39-29-18-41(22-36-29)19-30(42)37-27-14-10-13-24-17-25(46-6)15-16-26(24)27/h7-18,22,28H,19-21H2,1-6H3,(H,37,42)(H,38,44)(H,39,43)(H,40,45)/t28-/m1/s1. The number of carbonyl (C=O) groups is 4. The van der Waals surface area contributed by atoms with Crippen molar-refractivity contribution < 1.29 is 33.4 Å². The van der Waals surface area contributed by atoms with E-state index in [0.29, 0.717) is 11.4 Å². The van der Waals surface area contributed by atoms with Gasteiger partial charge in [0.1, 0.15) is 29.5 Å². The van der Waals surface area contributed by atoms with Crippen LogP contribution in [0.2, 0.25) is 0 Å². The highest BCUT2D eigenvalue weighted by molar-refractivity contribution is 6.02. The molecule has 1 atom stereocenters. The first-order valence-corrected chi connectivity index (χ1v) is 15.4. The average Bonchev–Trinajstić information content (AvgIpc) is 3.45. The summed E-state index contributed by atoms with van der Waals surface area (Å²) in [5.74, 6) is -0.660. The predicted octanol–water partition coefficient (Wildman–Crippen LogP) is 4.63. The lowest BCUT2D eigenvalue weighted by Gasteiger charge is -2.29. The maximum absolute atomic E-state index is 13.4. The molecule has 0 unspecified atom stereocenters. The van der Waals surface area contributed by atoms with E-state index in [1.54, 1.807) is 27.9 Å². The van der Waals surface area contributed by atoms with E-state index in [-0.39, 0.29) is 31.5 Å². The number of methoxy groups -OCH3 is 1. The fourth-order valence-corrected chi connectivity index (χ4v) is 4.58. The molecule has 0 bridgehead atoms. The van der Waals surface area contributed by atoms with Crippen LogP contribution in [0.4, 0.5) is 16.3 Å². The van der Waals surface area contributed by atoms with E-state index < -0.39 is 35.1 Å². The summed E-state index contributed by atoms with van der Waals surface area (Å²) in [4.78, 5) is 56.2. The summed E-state index contributed by atoms with van der Waals surface area (Å²) in [7, 11) is 1.60. The van der Waals surface area contributed by atoms with Crippen molar-refractivity contribution in [2.45, 2.75) is 65.0 Å². The van der Waals surface area contributed by atoms with Crippen molar-refractivity contribution in [1.29, 1.82) is 0 Å². The van der Waals surface area contributed by atoms with Crippen LogP contribution in [0.3, 0.4) is 0 Å². The molecule has 0 aliphatic rings. The third-order valence-corrected chi connectivity index (χ3v) is 6.97. The van der Waals surface area contributed by atoms with E-state index in [0.717, 1.165) is 16.3 Å². The smallest absolute Gasteiger partial charge is 0.408 e. The normalized spacial score (nSPS) is 12.1. The van der Waals surface area contributed by atoms with Crippen molar-refractivity contribution in [3.63, 3.8) is 0 Å². The minimum atomic E-state index is -1.43. The van der Waals surface area contributed by atoms with Crippen LogP contribution in [-0.4, -0.2) is 64.3 Å². The SMILES string of the molecule is COc1ccc2c(NC(=O)Cn3cnc(NC(=O)[C@@H](COCc4ccccc4)NC(=O)C(C)(C)NC(=O)OC(C)(C)C)c3)cccc2c1. The predicted molar refractivity (Wildman–Crippen MR) is 181 cm³/mol. The largest absolute Gasteiger partial charge is 0.497 e. The van der Waals surface area contributed by atoms with Gasteiger partial charge in [0.15, 0.2) is 5.82 Å². The van der Waals surface area contributed by atoms with Crippen molar-refractivity contribution >= 4 is 46.1 Å². The molecule has 4 rings (SSSR count). The van der Waals surface area contributed by atoms with Gasteiger partial charge in [0.2, 0.25) is 11.8 Å². The Bertz CT molecular complexity index is 1750. The molecule has 0 spiro atoms. The molecule has 4 amide bonds. The first-order valence-electron chi connectivity index (χ1n) is 15.4. The molecule has 0 aliphatic heterocycles. The number of benzene rings is 3. The van der Waals surface area contributed by atoms with Crippen LogP contribution in [0.15, 0.2) is 79.3 Å². The minimum absolute atomic E-state index is 0.0692. The number of rotatable bonds is 13. The van der Waals surface area contributed by atoms with Gasteiger partial charge in [-0.05, 0) is 69.8 Å². The molecule has 3 aromatic carbocycles. The number of nitrogens with zero attached hydrogens (tertiary/aromatic N) is 2. The van der Waals surface area contributed by atoms with Crippen LogP contribution in [0, 0.1) is 0 Å². The Morgan fingerprint density at radius 1 is 0.917 bits per heavy atom. The molecular formula is C35H42N6O7. The van der Waals surface area contributed by atoms with Gasteiger partial charge in [-0.15, -0.1) is 0 Å². The summed E-state index contributed by atoms with van der Waals surface area (Å²) in [6.07, 6.45) is 2.14. The Hall–Kier alpha value is -5.43. The number of carbonyl (C=O) groups excluding carboxylic acids is 4. The molecule has 13 nitrogen and oxygen atoms in total. The third kappa shape index (κ3) is 10.3. The van der Waals surface area contributed by atoms with E-state index in [1.807, 2.05) is 66.7 Å². The quantitative estimate of drug-likeness (QED) is 0.162. The fourth-order valence-electron chi connectivity index (χ4n) is 4.58. The lowest BCUT2D eigenvalue weighted by molar-refractivity contribution is -0.131. The van der Waals surface area contributed by atoms with Crippen LogP contribution < -0.4 is 26.0 Å². The minimum Gasteiger partial charge on any atom is -0.497 e. The number of hydrogen-bond donors (Lipinski definition) is 4. The average molecular weight is 659 g/mol. The van der Waals surface area contributed by atoms with Crippen molar-refractivity contribution in [3.05, 3.63) is 84.8 Å². The van der Waals surface area contributed by atoms with Gasteiger partial charge in [-0.3, -0.25) is 14.4 Å². The van der Waals surface area contributed by atoms with E-state index in [1.165, 1.54) is 30.9 Å². The molecule has 0 aliphatic carbocycles. The lowest BCUT2D eigenvalue weighted by Crippen LogP contribution is -2.59. The van der Waals surface area contributed by atoms with Crippen LogP contribution in [0.1, 0.15) is 40.2 Å². The van der Waals surface area contributed by atoms with Gasteiger partial charge in [0, 0.05) is 17.3 Å². The number of aromatic nitrogens is 2. The molecule has 1 heterocycles. The lowest BCUT2D eigenvalue weighted by atomic mass is 10.0. The molecule has 1 aromatic heterocycles. The van der Waals surface area contributed by atoms with E-state index >= 15 is 0 Å². The Morgan fingerprint density at radius 3 is 2.38 bits per heavy atom. The maximum atomic E-state index is 13.4. The van der Waals surface area contributed by atoms with Crippen LogP contribution in [-0.2, 0) is 37.0 Å². The molecule has 4 aromatic rings. The Kier molecular flexibility index (Phi) is 11.4. The van der Waals surface area contributed by atoms with E-state index in [4.69, 9.17) is 14.2 Å². The Morgan fingerprint density at radius 2 is 1.67 bits per heavy atom. The highest BCUT2D eigenvalue weighted by Crippen LogP contribution is 2.27. The Labute approximate surface area is 279 Å². The summed E-state index contributed by atoms with van der Waals surface area (Å²) in [6, 6.07) is 19.4.